The SMILES string of the molecule is Brc1ccc2nc(-c3ccc(C4CCCCC4)cc3)cn2c1. The van der Waals surface area contributed by atoms with E-state index in [-0.39, 0.29) is 0 Å². The summed E-state index contributed by atoms with van der Waals surface area (Å²) < 4.78 is 3.13. The van der Waals surface area contributed by atoms with Crippen LogP contribution >= 0.6 is 15.9 Å². The van der Waals surface area contributed by atoms with Gasteiger partial charge in [-0.2, -0.15) is 0 Å². The average molecular weight is 355 g/mol. The van der Waals surface area contributed by atoms with Crippen LogP contribution in [0.25, 0.3) is 16.9 Å². The highest BCUT2D eigenvalue weighted by Crippen LogP contribution is 2.33. The second-order valence-electron chi connectivity index (χ2n) is 6.20. The maximum Gasteiger partial charge on any atom is 0.137 e. The van der Waals surface area contributed by atoms with E-state index < -0.39 is 0 Å². The lowest BCUT2D eigenvalue weighted by atomic mass is 9.84. The third-order valence-electron chi connectivity index (χ3n) is 4.70. The summed E-state index contributed by atoms with van der Waals surface area (Å²) in [6, 6.07) is 13.1. The first-order valence-corrected chi connectivity index (χ1v) is 8.83. The second kappa shape index (κ2) is 5.88. The van der Waals surface area contributed by atoms with Crippen LogP contribution in [0.3, 0.4) is 0 Å². The van der Waals surface area contributed by atoms with Crippen LogP contribution < -0.4 is 0 Å². The van der Waals surface area contributed by atoms with Gasteiger partial charge in [0.05, 0.1) is 5.69 Å². The summed E-state index contributed by atoms with van der Waals surface area (Å²) in [5, 5.41) is 0. The minimum absolute atomic E-state index is 0.764. The number of hydrogen-bond acceptors (Lipinski definition) is 1. The Bertz CT molecular complexity index is 783. The molecule has 4 rings (SSSR count). The van der Waals surface area contributed by atoms with E-state index in [2.05, 4.69) is 50.8 Å². The molecule has 3 heteroatoms. The lowest BCUT2D eigenvalue weighted by Gasteiger charge is -2.21. The largest absolute Gasteiger partial charge is 0.305 e. The maximum absolute atomic E-state index is 4.71. The first-order valence-electron chi connectivity index (χ1n) is 8.04. The van der Waals surface area contributed by atoms with Gasteiger partial charge in [-0.15, -0.1) is 0 Å². The van der Waals surface area contributed by atoms with Gasteiger partial charge in [0.25, 0.3) is 0 Å². The molecule has 1 aromatic carbocycles. The molecule has 0 radical (unpaired) electrons. The quantitative estimate of drug-likeness (QED) is 0.567. The molecule has 3 aromatic rings. The van der Waals surface area contributed by atoms with Crippen LogP contribution in [-0.4, -0.2) is 9.38 Å². The topological polar surface area (TPSA) is 17.3 Å². The molecule has 0 aliphatic heterocycles. The van der Waals surface area contributed by atoms with E-state index in [0.29, 0.717) is 0 Å². The molecule has 0 saturated heterocycles. The van der Waals surface area contributed by atoms with Crippen molar-refractivity contribution < 1.29 is 0 Å². The molecule has 0 N–H and O–H groups in total. The van der Waals surface area contributed by atoms with Gasteiger partial charge in [-0.1, -0.05) is 43.5 Å². The van der Waals surface area contributed by atoms with Crippen molar-refractivity contribution in [2.75, 3.05) is 0 Å². The van der Waals surface area contributed by atoms with Crippen molar-refractivity contribution in [3.63, 3.8) is 0 Å². The van der Waals surface area contributed by atoms with Crippen LogP contribution in [0.15, 0.2) is 53.3 Å². The van der Waals surface area contributed by atoms with Crippen molar-refractivity contribution in [1.29, 1.82) is 0 Å². The Balaban J connectivity index is 1.63. The zero-order valence-corrected chi connectivity index (χ0v) is 14.1. The molecule has 22 heavy (non-hydrogen) atoms. The molecule has 1 aliphatic carbocycles. The zero-order chi connectivity index (χ0) is 14.9. The van der Waals surface area contributed by atoms with Crippen LogP contribution in [0.5, 0.6) is 0 Å². The molecule has 0 atom stereocenters. The summed E-state index contributed by atoms with van der Waals surface area (Å²) in [6.07, 6.45) is 11.0. The number of imidazole rings is 1. The fourth-order valence-electron chi connectivity index (χ4n) is 3.47. The van der Waals surface area contributed by atoms with Crippen molar-refractivity contribution in [3.05, 3.63) is 58.8 Å². The third-order valence-corrected chi connectivity index (χ3v) is 5.17. The molecule has 2 nitrogen and oxygen atoms in total. The molecule has 0 bridgehead atoms. The summed E-state index contributed by atoms with van der Waals surface area (Å²) in [7, 11) is 0. The summed E-state index contributed by atoms with van der Waals surface area (Å²) in [5.74, 6) is 0.764. The molecule has 0 amide bonds. The number of nitrogens with zero attached hydrogens (tertiary/aromatic N) is 2. The van der Waals surface area contributed by atoms with Gasteiger partial charge >= 0.3 is 0 Å². The predicted molar refractivity (Wildman–Crippen MR) is 94.2 cm³/mol. The number of halogens is 1. The number of fused-ring (bicyclic) bond motifs is 1. The van der Waals surface area contributed by atoms with E-state index in [1.807, 2.05) is 18.3 Å². The van der Waals surface area contributed by atoms with Crippen LogP contribution in [0, 0.1) is 0 Å². The van der Waals surface area contributed by atoms with Crippen molar-refractivity contribution in [1.82, 2.24) is 9.38 Å². The van der Waals surface area contributed by atoms with Crippen molar-refractivity contribution in [3.8, 4) is 11.3 Å². The number of aromatic nitrogens is 2. The molecule has 2 aromatic heterocycles. The van der Waals surface area contributed by atoms with Crippen molar-refractivity contribution in [2.24, 2.45) is 0 Å². The van der Waals surface area contributed by atoms with Crippen molar-refractivity contribution >= 4 is 21.6 Å². The van der Waals surface area contributed by atoms with Crippen molar-refractivity contribution in [2.45, 2.75) is 38.0 Å². The number of pyridine rings is 1. The molecular weight excluding hydrogens is 336 g/mol. The van der Waals surface area contributed by atoms with Gasteiger partial charge in [0.2, 0.25) is 0 Å². The Hall–Kier alpha value is -1.61. The van der Waals surface area contributed by atoms with Crippen LogP contribution in [-0.2, 0) is 0 Å². The van der Waals surface area contributed by atoms with Gasteiger partial charge in [0.1, 0.15) is 5.65 Å². The number of benzene rings is 1. The van der Waals surface area contributed by atoms with Gasteiger partial charge in [-0.3, -0.25) is 0 Å². The van der Waals surface area contributed by atoms with Gasteiger partial charge < -0.3 is 4.40 Å². The van der Waals surface area contributed by atoms with Crippen LogP contribution in [0.4, 0.5) is 0 Å². The standard InChI is InChI=1S/C19H19BrN2/c20-17-10-11-19-21-18(13-22(19)12-17)16-8-6-15(7-9-16)14-4-2-1-3-5-14/h6-14H,1-5H2. The Morgan fingerprint density at radius 2 is 1.68 bits per heavy atom. The number of hydrogen-bond donors (Lipinski definition) is 0. The first-order chi connectivity index (χ1) is 10.8. The van der Waals surface area contributed by atoms with Gasteiger partial charge in [-0.25, -0.2) is 4.98 Å². The lowest BCUT2D eigenvalue weighted by Crippen LogP contribution is -2.04. The highest BCUT2D eigenvalue weighted by molar-refractivity contribution is 9.10. The Morgan fingerprint density at radius 1 is 0.909 bits per heavy atom. The summed E-state index contributed by atoms with van der Waals surface area (Å²) in [4.78, 5) is 4.71. The zero-order valence-electron chi connectivity index (χ0n) is 12.5. The molecule has 1 fully saturated rings. The molecule has 2 heterocycles. The molecule has 0 spiro atoms. The minimum atomic E-state index is 0.764. The Morgan fingerprint density at radius 3 is 2.45 bits per heavy atom. The lowest BCUT2D eigenvalue weighted by molar-refractivity contribution is 0.443. The van der Waals surface area contributed by atoms with Gasteiger partial charge in [0.15, 0.2) is 0 Å². The summed E-state index contributed by atoms with van der Waals surface area (Å²) in [5.41, 5.74) is 4.71. The fourth-order valence-corrected chi connectivity index (χ4v) is 3.82. The van der Waals surface area contributed by atoms with E-state index in [1.54, 1.807) is 0 Å². The van der Waals surface area contributed by atoms with E-state index in [4.69, 9.17) is 4.98 Å². The van der Waals surface area contributed by atoms with Crippen LogP contribution in [0.1, 0.15) is 43.6 Å². The van der Waals surface area contributed by atoms with E-state index in [1.165, 1.54) is 43.2 Å². The van der Waals surface area contributed by atoms with Gasteiger partial charge in [-0.05, 0) is 52.4 Å². The Kier molecular flexibility index (Phi) is 3.75. The monoisotopic (exact) mass is 354 g/mol. The predicted octanol–water partition coefficient (Wildman–Crippen LogP) is 5.81. The van der Waals surface area contributed by atoms with E-state index >= 15 is 0 Å². The average Bonchev–Trinajstić information content (AvgIpc) is 2.99. The summed E-state index contributed by atoms with van der Waals surface area (Å²) in [6.45, 7) is 0. The van der Waals surface area contributed by atoms with E-state index in [9.17, 15) is 0 Å². The van der Waals surface area contributed by atoms with Gasteiger partial charge in [0, 0.05) is 22.4 Å². The highest BCUT2D eigenvalue weighted by atomic mass is 79.9. The molecule has 0 unspecified atom stereocenters. The highest BCUT2D eigenvalue weighted by Gasteiger charge is 2.15. The smallest absolute Gasteiger partial charge is 0.137 e. The maximum atomic E-state index is 4.71. The Labute approximate surface area is 139 Å². The molecule has 112 valence electrons. The number of rotatable bonds is 2. The van der Waals surface area contributed by atoms with Crippen LogP contribution in [0.2, 0.25) is 0 Å². The normalized spacial score (nSPS) is 16.2. The summed E-state index contributed by atoms with van der Waals surface area (Å²) >= 11 is 3.50. The fraction of sp³-hybridized carbons (Fsp3) is 0.316. The first kappa shape index (κ1) is 14.0. The minimum Gasteiger partial charge on any atom is -0.305 e. The second-order valence-corrected chi connectivity index (χ2v) is 7.11. The molecule has 1 aliphatic rings. The third kappa shape index (κ3) is 2.70. The molecule has 1 saturated carbocycles. The molecular formula is C19H19BrN2. The van der Waals surface area contributed by atoms with E-state index in [0.717, 1.165) is 21.7 Å².